The lowest BCUT2D eigenvalue weighted by Crippen LogP contribution is -2.26. The molecule has 0 atom stereocenters. The third kappa shape index (κ3) is 2.72. The van der Waals surface area contributed by atoms with Gasteiger partial charge in [-0.05, 0) is 17.5 Å². The Balaban J connectivity index is 1.78. The quantitative estimate of drug-likeness (QED) is 0.606. The number of aromatic nitrogens is 3. The first-order valence-corrected chi connectivity index (χ1v) is 8.23. The summed E-state index contributed by atoms with van der Waals surface area (Å²) in [5.41, 5.74) is -0.0527. The molecule has 0 saturated heterocycles. The first kappa shape index (κ1) is 15.3. The Bertz CT molecular complexity index is 1130. The maximum atomic E-state index is 12.6. The molecule has 0 bridgehead atoms. The molecule has 4 aromatic rings. The Morgan fingerprint density at radius 1 is 1.20 bits per heavy atom. The van der Waals surface area contributed by atoms with Gasteiger partial charge in [0.15, 0.2) is 5.69 Å². The van der Waals surface area contributed by atoms with Crippen LogP contribution in [0, 0.1) is 0 Å². The lowest BCUT2D eigenvalue weighted by molar-refractivity contribution is 0.0690. The summed E-state index contributed by atoms with van der Waals surface area (Å²) in [7, 11) is 0. The van der Waals surface area contributed by atoms with Crippen molar-refractivity contribution in [3.63, 3.8) is 0 Å². The van der Waals surface area contributed by atoms with Crippen molar-refractivity contribution in [3.8, 4) is 10.8 Å². The molecule has 8 heteroatoms. The Hall–Kier alpha value is -3.26. The van der Waals surface area contributed by atoms with E-state index < -0.39 is 5.97 Å². The molecule has 0 aliphatic carbocycles. The van der Waals surface area contributed by atoms with E-state index in [-0.39, 0.29) is 17.8 Å². The molecule has 7 nitrogen and oxygen atoms in total. The SMILES string of the molecule is O=C(O)c1nn(Cc2coc(-c3cccs3)n2)c(=O)c2ccccc12. The van der Waals surface area contributed by atoms with Crippen molar-refractivity contribution in [1.29, 1.82) is 0 Å². The zero-order valence-corrected chi connectivity index (χ0v) is 13.6. The Morgan fingerprint density at radius 3 is 2.72 bits per heavy atom. The monoisotopic (exact) mass is 353 g/mol. The van der Waals surface area contributed by atoms with Crippen LogP contribution in [0.5, 0.6) is 0 Å². The summed E-state index contributed by atoms with van der Waals surface area (Å²) in [6, 6.07) is 10.3. The first-order valence-electron chi connectivity index (χ1n) is 7.35. The minimum absolute atomic E-state index is 0.0266. The zero-order valence-electron chi connectivity index (χ0n) is 12.7. The van der Waals surface area contributed by atoms with Crippen molar-refractivity contribution in [2.24, 2.45) is 0 Å². The molecule has 0 aliphatic heterocycles. The van der Waals surface area contributed by atoms with E-state index in [1.54, 1.807) is 24.3 Å². The number of aromatic carboxylic acids is 1. The van der Waals surface area contributed by atoms with Crippen LogP contribution in [0.3, 0.4) is 0 Å². The first-order chi connectivity index (χ1) is 12.1. The molecule has 1 aromatic carbocycles. The van der Waals surface area contributed by atoms with E-state index in [1.165, 1.54) is 17.6 Å². The summed E-state index contributed by atoms with van der Waals surface area (Å²) < 4.78 is 6.53. The van der Waals surface area contributed by atoms with Gasteiger partial charge < -0.3 is 9.52 Å². The van der Waals surface area contributed by atoms with Crippen LogP contribution in [0.4, 0.5) is 0 Å². The van der Waals surface area contributed by atoms with Crippen LogP contribution >= 0.6 is 11.3 Å². The molecule has 0 amide bonds. The molecular weight excluding hydrogens is 342 g/mol. The number of thiophene rings is 1. The van der Waals surface area contributed by atoms with Gasteiger partial charge in [-0.1, -0.05) is 24.3 Å². The summed E-state index contributed by atoms with van der Waals surface area (Å²) >= 11 is 1.49. The second-order valence-electron chi connectivity index (χ2n) is 5.28. The second kappa shape index (κ2) is 5.99. The smallest absolute Gasteiger partial charge is 0.357 e. The van der Waals surface area contributed by atoms with E-state index in [2.05, 4.69) is 10.1 Å². The van der Waals surface area contributed by atoms with Crippen molar-refractivity contribution in [2.45, 2.75) is 6.54 Å². The van der Waals surface area contributed by atoms with Crippen LogP contribution in [0.2, 0.25) is 0 Å². The summed E-state index contributed by atoms with van der Waals surface area (Å²) in [6.07, 6.45) is 1.44. The molecule has 0 radical (unpaired) electrons. The van der Waals surface area contributed by atoms with Crippen molar-refractivity contribution in [1.82, 2.24) is 14.8 Å². The van der Waals surface area contributed by atoms with Gasteiger partial charge in [-0.25, -0.2) is 14.5 Å². The molecule has 0 saturated carbocycles. The van der Waals surface area contributed by atoms with Gasteiger partial charge in [0.2, 0.25) is 5.89 Å². The number of benzene rings is 1. The van der Waals surface area contributed by atoms with Gasteiger partial charge in [-0.3, -0.25) is 4.79 Å². The summed E-state index contributed by atoms with van der Waals surface area (Å²) in [6.45, 7) is 0.0266. The summed E-state index contributed by atoms with van der Waals surface area (Å²) in [5, 5.41) is 15.9. The minimum Gasteiger partial charge on any atom is -0.476 e. The fourth-order valence-electron chi connectivity index (χ4n) is 2.55. The van der Waals surface area contributed by atoms with E-state index in [4.69, 9.17) is 4.42 Å². The highest BCUT2D eigenvalue weighted by Crippen LogP contribution is 2.23. The molecule has 0 fully saturated rings. The van der Waals surface area contributed by atoms with Gasteiger partial charge in [0, 0.05) is 5.39 Å². The second-order valence-corrected chi connectivity index (χ2v) is 6.23. The number of oxazole rings is 1. The Kier molecular flexibility index (Phi) is 3.66. The van der Waals surface area contributed by atoms with Crippen LogP contribution in [0.15, 0.2) is 57.3 Å². The van der Waals surface area contributed by atoms with Crippen molar-refractivity contribution in [2.75, 3.05) is 0 Å². The lowest BCUT2D eigenvalue weighted by atomic mass is 10.1. The predicted molar refractivity (Wildman–Crippen MR) is 91.9 cm³/mol. The van der Waals surface area contributed by atoms with Gasteiger partial charge in [0.1, 0.15) is 12.0 Å². The molecule has 4 rings (SSSR count). The zero-order chi connectivity index (χ0) is 17.4. The van der Waals surface area contributed by atoms with Crippen molar-refractivity contribution in [3.05, 3.63) is 69.8 Å². The standard InChI is InChI=1S/C17H11N3O4S/c21-16-12-5-2-1-4-11(12)14(17(22)23)19-20(16)8-10-9-24-15(18-10)13-6-3-7-25-13/h1-7,9H,8H2,(H,22,23). The summed E-state index contributed by atoms with van der Waals surface area (Å²) in [4.78, 5) is 29.3. The average molecular weight is 353 g/mol. The molecule has 0 spiro atoms. The summed E-state index contributed by atoms with van der Waals surface area (Å²) in [5.74, 6) is -0.735. The fraction of sp³-hybridized carbons (Fsp3) is 0.0588. The molecule has 3 heterocycles. The number of fused-ring (bicyclic) bond motifs is 1. The maximum Gasteiger partial charge on any atom is 0.357 e. The van der Waals surface area contributed by atoms with Gasteiger partial charge >= 0.3 is 5.97 Å². The van der Waals surface area contributed by atoms with Gasteiger partial charge in [0.05, 0.1) is 16.8 Å². The Labute approximate surface area is 144 Å². The third-order valence-corrected chi connectivity index (χ3v) is 4.52. The van der Waals surface area contributed by atoms with E-state index >= 15 is 0 Å². The van der Waals surface area contributed by atoms with Gasteiger partial charge in [0.25, 0.3) is 5.56 Å². The lowest BCUT2D eigenvalue weighted by Gasteiger charge is -2.07. The fourth-order valence-corrected chi connectivity index (χ4v) is 3.20. The van der Waals surface area contributed by atoms with Gasteiger partial charge in [-0.15, -0.1) is 11.3 Å². The van der Waals surface area contributed by atoms with Crippen LogP contribution in [-0.2, 0) is 6.54 Å². The molecule has 1 N–H and O–H groups in total. The maximum absolute atomic E-state index is 12.6. The molecule has 124 valence electrons. The van der Waals surface area contributed by atoms with Crippen LogP contribution in [0.25, 0.3) is 21.5 Å². The van der Waals surface area contributed by atoms with Crippen LogP contribution < -0.4 is 5.56 Å². The van der Waals surface area contributed by atoms with Crippen LogP contribution in [-0.4, -0.2) is 25.8 Å². The van der Waals surface area contributed by atoms with Crippen molar-refractivity contribution >= 4 is 28.1 Å². The molecule has 0 unspecified atom stereocenters. The highest BCUT2D eigenvalue weighted by Gasteiger charge is 2.17. The number of hydrogen-bond acceptors (Lipinski definition) is 6. The van der Waals surface area contributed by atoms with E-state index in [0.29, 0.717) is 22.4 Å². The number of rotatable bonds is 4. The van der Waals surface area contributed by atoms with E-state index in [1.807, 2.05) is 17.5 Å². The van der Waals surface area contributed by atoms with Gasteiger partial charge in [-0.2, -0.15) is 5.10 Å². The number of carboxylic acids is 1. The predicted octanol–water partition coefficient (Wildman–Crippen LogP) is 2.86. The van der Waals surface area contributed by atoms with Crippen LogP contribution in [0.1, 0.15) is 16.2 Å². The molecule has 25 heavy (non-hydrogen) atoms. The van der Waals surface area contributed by atoms with E-state index in [0.717, 1.165) is 9.56 Å². The third-order valence-electron chi connectivity index (χ3n) is 3.67. The minimum atomic E-state index is -1.19. The number of carbonyl (C=O) groups is 1. The number of nitrogens with zero attached hydrogens (tertiary/aromatic N) is 3. The molecule has 0 aliphatic rings. The highest BCUT2D eigenvalue weighted by molar-refractivity contribution is 7.13. The average Bonchev–Trinajstić information content (AvgIpc) is 3.28. The van der Waals surface area contributed by atoms with E-state index in [9.17, 15) is 14.7 Å². The topological polar surface area (TPSA) is 98.2 Å². The highest BCUT2D eigenvalue weighted by atomic mass is 32.1. The largest absolute Gasteiger partial charge is 0.476 e. The number of hydrogen-bond donors (Lipinski definition) is 1. The molecule has 3 aromatic heterocycles. The molecular formula is C17H11N3O4S. The Morgan fingerprint density at radius 2 is 2.00 bits per heavy atom. The number of carboxylic acid groups (broad SMARTS) is 1. The van der Waals surface area contributed by atoms with Crippen molar-refractivity contribution < 1.29 is 14.3 Å². The normalized spacial score (nSPS) is 11.0.